The zero-order chi connectivity index (χ0) is 24.1. The molecule has 0 aliphatic rings. The van der Waals surface area contributed by atoms with Crippen LogP contribution >= 0.6 is 0 Å². The number of hydrogen-bond donors (Lipinski definition) is 3. The number of rotatable bonds is 5. The maximum Gasteiger partial charge on any atom is 1.00 e. The summed E-state index contributed by atoms with van der Waals surface area (Å²) in [5, 5.41) is 26.4. The second kappa shape index (κ2) is 14.0. The van der Waals surface area contributed by atoms with Gasteiger partial charge in [-0.05, 0) is 0 Å². The van der Waals surface area contributed by atoms with E-state index in [1.54, 1.807) is 0 Å². The molecule has 3 rings (SSSR count). The number of phenols is 2. The van der Waals surface area contributed by atoms with Crippen molar-refractivity contribution < 1.29 is 142 Å². The van der Waals surface area contributed by atoms with Gasteiger partial charge in [0.15, 0.2) is 0 Å². The van der Waals surface area contributed by atoms with Crippen LogP contribution in [0.1, 0.15) is 0 Å². The fraction of sp³-hybridized carbons (Fsp3) is 0. The Morgan fingerprint density at radius 1 is 0.861 bits per heavy atom. The van der Waals surface area contributed by atoms with Gasteiger partial charge in [0.25, 0.3) is 0 Å². The molecule has 0 saturated carbocycles. The second-order valence-electron chi connectivity index (χ2n) is 6.23. The molecule has 0 bridgehead atoms. The van der Waals surface area contributed by atoms with Crippen LogP contribution in [0.15, 0.2) is 62.5 Å². The van der Waals surface area contributed by atoms with Crippen LogP contribution in [0.25, 0.3) is 10.8 Å². The van der Waals surface area contributed by atoms with Crippen LogP contribution in [-0.2, 0) is 24.0 Å². The van der Waals surface area contributed by atoms with Gasteiger partial charge in [-0.3, -0.25) is 0 Å². The summed E-state index contributed by atoms with van der Waals surface area (Å²) in [6, 6.07) is 6.33. The van der Waals surface area contributed by atoms with Crippen molar-refractivity contribution in [1.82, 2.24) is 0 Å². The summed E-state index contributed by atoms with van der Waals surface area (Å²) < 4.78 is 101. The third-order valence-electron chi connectivity index (χ3n) is 4.10. The molecule has 14 nitrogen and oxygen atoms in total. The van der Waals surface area contributed by atoms with Gasteiger partial charge in [-0.25, -0.2) is 0 Å². The van der Waals surface area contributed by atoms with Crippen LogP contribution in [0.5, 0.6) is 11.5 Å². The van der Waals surface area contributed by atoms with E-state index in [0.717, 1.165) is 12.1 Å². The third kappa shape index (κ3) is 8.59. The van der Waals surface area contributed by atoms with Crippen LogP contribution in [0, 0.1) is 0 Å². The van der Waals surface area contributed by atoms with Gasteiger partial charge < -0.3 is 5.48 Å². The zero-order valence-electron chi connectivity index (χ0n) is 18.8. The van der Waals surface area contributed by atoms with Crippen molar-refractivity contribution in [3.8, 4) is 11.5 Å². The number of azo groups is 1. The maximum atomic E-state index is 11.7. The Balaban J connectivity index is 0. The van der Waals surface area contributed by atoms with Gasteiger partial charge in [0.05, 0.1) is 0 Å². The number of phenolic OH excluding ortho intramolecular Hbond substituents is 2. The van der Waals surface area contributed by atoms with Crippen molar-refractivity contribution in [3.05, 3.63) is 42.5 Å². The molecule has 36 heavy (non-hydrogen) atoms. The van der Waals surface area contributed by atoms with E-state index in [4.69, 9.17) is 0 Å². The SMILES string of the molecule is O.O=S(=O)([O-])c1cc(O)c2c(O)c(N=Nc3ccccc3[As](=O)([O-])O)c(S(=O)(=O)[O-])cc2c1.[Na+].[Na+].[Na+]. The fourth-order valence-corrected chi connectivity index (χ4v) is 5.37. The van der Waals surface area contributed by atoms with E-state index in [2.05, 4.69) is 10.2 Å². The van der Waals surface area contributed by atoms with Gasteiger partial charge in [0.2, 0.25) is 0 Å². The zero-order valence-corrected chi connectivity index (χ0v) is 28.3. The number of hydrogen-bond acceptors (Lipinski definition) is 12. The Hall–Kier alpha value is 0.178. The molecule has 0 radical (unpaired) electrons. The summed E-state index contributed by atoms with van der Waals surface area (Å²) in [5.74, 6) is -2.08. The van der Waals surface area contributed by atoms with E-state index in [1.165, 1.54) is 12.1 Å². The summed E-state index contributed by atoms with van der Waals surface area (Å²) in [6.45, 7) is 0. The molecule has 1 unspecified atom stereocenters. The summed E-state index contributed by atoms with van der Waals surface area (Å²) >= 11 is -5.74. The molecule has 20 heteroatoms. The number of aromatic hydroxyl groups is 2. The summed E-state index contributed by atoms with van der Waals surface area (Å²) in [4.78, 5) is -2.17. The normalized spacial score (nSPS) is 13.0. The van der Waals surface area contributed by atoms with E-state index < -0.39 is 82.2 Å². The molecule has 0 heterocycles. The van der Waals surface area contributed by atoms with Crippen LogP contribution in [0.3, 0.4) is 0 Å². The van der Waals surface area contributed by atoms with E-state index in [9.17, 15) is 48.1 Å². The van der Waals surface area contributed by atoms with E-state index in [1.807, 2.05) is 0 Å². The summed E-state index contributed by atoms with van der Waals surface area (Å²) in [7, 11) is -10.5. The Labute approximate surface area is 273 Å². The minimum Gasteiger partial charge on any atom is 1.00 e. The Morgan fingerprint density at radius 3 is 1.92 bits per heavy atom. The van der Waals surface area contributed by atoms with Crippen molar-refractivity contribution >= 4 is 60.9 Å². The first-order valence-corrected chi connectivity index (χ1v) is 14.2. The first-order chi connectivity index (χ1) is 14.6. The Kier molecular flexibility index (Phi) is 14.9. The van der Waals surface area contributed by atoms with Crippen molar-refractivity contribution in [2.24, 2.45) is 10.2 Å². The van der Waals surface area contributed by atoms with Crippen LogP contribution in [-0.4, -0.2) is 59.9 Å². The minimum atomic E-state index is -5.74. The predicted octanol–water partition coefficient (Wildman–Crippen LogP) is -10.4. The summed E-state index contributed by atoms with van der Waals surface area (Å²) in [5.41, 5.74) is -1.44. The molecule has 0 aliphatic heterocycles. The number of benzene rings is 3. The molecule has 0 saturated heterocycles. The molecular weight excluding hydrogens is 620 g/mol. The minimum absolute atomic E-state index is 0. The molecular formula is C16H12AsN2Na3O12S2. The van der Waals surface area contributed by atoms with Gasteiger partial charge in [-0.1, -0.05) is 0 Å². The van der Waals surface area contributed by atoms with Crippen LogP contribution in [0.4, 0.5) is 11.4 Å². The van der Waals surface area contributed by atoms with Crippen molar-refractivity contribution in [2.45, 2.75) is 9.79 Å². The third-order valence-corrected chi connectivity index (χ3v) is 7.84. The molecule has 1 atom stereocenters. The van der Waals surface area contributed by atoms with E-state index >= 15 is 0 Å². The van der Waals surface area contributed by atoms with E-state index in [-0.39, 0.29) is 94.1 Å². The molecule has 0 aromatic heterocycles. The topological polar surface area (TPSA) is 271 Å². The molecule has 0 aliphatic carbocycles. The molecule has 3 aromatic carbocycles. The van der Waals surface area contributed by atoms with Gasteiger partial charge in [-0.2, -0.15) is 0 Å². The van der Waals surface area contributed by atoms with Crippen molar-refractivity contribution in [1.29, 1.82) is 0 Å². The standard InChI is InChI=1S/C16H13AsN2O11S2.3Na.H2O/c20-12-7-9(31(25,26)27)5-8-6-13(32(28,29)30)15(16(21)14(8)12)19-18-11-4-2-1-3-10(11)17(22,23)24;;;;/h1-7,20-21H,(H2,22,23,24)(H,25,26,27)(H,28,29,30);;;;1H2/q;3*+1;/p-3. The monoisotopic (exact) mass is 632 g/mol. The van der Waals surface area contributed by atoms with Crippen molar-refractivity contribution in [2.75, 3.05) is 0 Å². The average Bonchev–Trinajstić information content (AvgIpc) is 2.64. The van der Waals surface area contributed by atoms with Gasteiger partial charge in [0, 0.05) is 0 Å². The fourth-order valence-electron chi connectivity index (χ4n) is 2.76. The van der Waals surface area contributed by atoms with Gasteiger partial charge in [-0.15, -0.1) is 0 Å². The average molecular weight is 632 g/mol. The first kappa shape index (κ1) is 38.3. The largest absolute Gasteiger partial charge is 1.00 e. The number of nitrogens with zero attached hydrogens (tertiary/aromatic N) is 2. The molecule has 0 amide bonds. The molecule has 178 valence electrons. The van der Waals surface area contributed by atoms with Crippen LogP contribution < -0.4 is 97.1 Å². The Morgan fingerprint density at radius 2 is 1.42 bits per heavy atom. The molecule has 3 aromatic rings. The van der Waals surface area contributed by atoms with Crippen molar-refractivity contribution in [3.63, 3.8) is 0 Å². The Bertz CT molecular complexity index is 1560. The smallest absolute Gasteiger partial charge is 1.00 e. The molecule has 0 fully saturated rings. The maximum absolute atomic E-state index is 11.7. The second-order valence-corrected chi connectivity index (χ2v) is 12.2. The van der Waals surface area contributed by atoms with E-state index in [0.29, 0.717) is 18.2 Å². The predicted molar refractivity (Wildman–Crippen MR) is 106 cm³/mol. The quantitative estimate of drug-likeness (QED) is 0.135. The van der Waals surface area contributed by atoms with Crippen LogP contribution in [0.2, 0.25) is 0 Å². The van der Waals surface area contributed by atoms with Gasteiger partial charge >= 0.3 is 272 Å². The number of fused-ring (bicyclic) bond motifs is 1. The molecule has 5 N–H and O–H groups in total. The molecule has 0 spiro atoms. The van der Waals surface area contributed by atoms with Gasteiger partial charge in [0.1, 0.15) is 0 Å². The summed E-state index contributed by atoms with van der Waals surface area (Å²) in [6.07, 6.45) is 0. The first-order valence-electron chi connectivity index (χ1n) is 8.10.